The van der Waals surface area contributed by atoms with Gasteiger partial charge in [-0.1, -0.05) is 30.4 Å². The molecule has 0 amide bonds. The first-order chi connectivity index (χ1) is 10.6. The maximum Gasteiger partial charge on any atom is 0.513 e. The third kappa shape index (κ3) is 5.75. The van der Waals surface area contributed by atoms with Gasteiger partial charge in [0.05, 0.1) is 21.3 Å². The monoisotopic (exact) mass is 304 g/mol. The molecule has 1 aromatic rings. The topological polar surface area (TPSA) is 54.0 Å². The third-order valence-corrected chi connectivity index (χ3v) is 2.70. The van der Waals surface area contributed by atoms with Gasteiger partial charge in [-0.2, -0.15) is 0 Å². The summed E-state index contributed by atoms with van der Waals surface area (Å²) in [4.78, 5) is 11.2. The van der Waals surface area contributed by atoms with Crippen molar-refractivity contribution in [2.75, 3.05) is 21.3 Å². The minimum Gasteiger partial charge on any atom is -0.500 e. The molecule has 0 aliphatic rings. The summed E-state index contributed by atoms with van der Waals surface area (Å²) in [6, 6.07) is 7.66. The number of allylic oxidation sites excluding steroid dienone is 3. The Bertz CT molecular complexity index is 584. The summed E-state index contributed by atoms with van der Waals surface area (Å²) in [5.41, 5.74) is 1.71. The molecule has 0 atom stereocenters. The zero-order valence-electron chi connectivity index (χ0n) is 13.2. The fourth-order valence-electron chi connectivity index (χ4n) is 1.57. The van der Waals surface area contributed by atoms with Crippen molar-refractivity contribution in [1.29, 1.82) is 0 Å². The largest absolute Gasteiger partial charge is 0.513 e. The molecule has 1 rings (SSSR count). The average molecular weight is 304 g/mol. The first kappa shape index (κ1) is 17.4. The van der Waals surface area contributed by atoms with Gasteiger partial charge in [-0.15, -0.1) is 0 Å². The summed E-state index contributed by atoms with van der Waals surface area (Å²) < 4.78 is 19.5. The van der Waals surface area contributed by atoms with Gasteiger partial charge in [-0.3, -0.25) is 0 Å². The lowest BCUT2D eigenvalue weighted by Crippen LogP contribution is -2.05. The van der Waals surface area contributed by atoms with E-state index in [9.17, 15) is 4.79 Å². The van der Waals surface area contributed by atoms with Crippen LogP contribution in [0.5, 0.6) is 5.75 Å². The first-order valence-electron chi connectivity index (χ1n) is 6.59. The van der Waals surface area contributed by atoms with Crippen molar-refractivity contribution in [2.24, 2.45) is 0 Å². The van der Waals surface area contributed by atoms with Crippen LogP contribution in [0.15, 0.2) is 54.0 Å². The summed E-state index contributed by atoms with van der Waals surface area (Å²) >= 11 is 0. The molecule has 0 saturated carbocycles. The van der Waals surface area contributed by atoms with E-state index in [1.807, 2.05) is 36.4 Å². The normalized spacial score (nSPS) is 12.2. The van der Waals surface area contributed by atoms with Crippen molar-refractivity contribution in [3.05, 3.63) is 59.6 Å². The summed E-state index contributed by atoms with van der Waals surface area (Å²) in [6.07, 6.45) is 6.09. The molecule has 0 aliphatic heterocycles. The summed E-state index contributed by atoms with van der Waals surface area (Å²) in [5.74, 6) is 1.07. The Morgan fingerprint density at radius 1 is 1.18 bits per heavy atom. The highest BCUT2D eigenvalue weighted by Crippen LogP contribution is 2.15. The molecule has 1 aromatic carbocycles. The fraction of sp³-hybridized carbons (Fsp3) is 0.235. The van der Waals surface area contributed by atoms with Crippen molar-refractivity contribution < 1.29 is 23.7 Å². The van der Waals surface area contributed by atoms with E-state index in [4.69, 9.17) is 14.2 Å². The molecule has 0 N–H and O–H groups in total. The lowest BCUT2D eigenvalue weighted by molar-refractivity contribution is 0.0960. The van der Waals surface area contributed by atoms with E-state index in [1.54, 1.807) is 20.1 Å². The maximum absolute atomic E-state index is 11.2. The first-order valence-corrected chi connectivity index (χ1v) is 6.59. The predicted molar refractivity (Wildman–Crippen MR) is 84.4 cm³/mol. The lowest BCUT2D eigenvalue weighted by atomic mass is 10.2. The molecule has 118 valence electrons. The number of methoxy groups -OCH3 is 3. The van der Waals surface area contributed by atoms with Crippen molar-refractivity contribution >= 4 is 12.2 Å². The highest BCUT2D eigenvalue weighted by Gasteiger charge is 2.08. The minimum atomic E-state index is -0.798. The van der Waals surface area contributed by atoms with Crippen LogP contribution in [0, 0.1) is 0 Å². The number of hydrogen-bond acceptors (Lipinski definition) is 5. The van der Waals surface area contributed by atoms with Crippen LogP contribution in [0.4, 0.5) is 4.79 Å². The van der Waals surface area contributed by atoms with Crippen molar-refractivity contribution in [1.82, 2.24) is 0 Å². The fourth-order valence-corrected chi connectivity index (χ4v) is 1.57. The number of carbonyl (C=O) groups is 1. The smallest absolute Gasteiger partial charge is 0.500 e. The number of ether oxygens (including phenoxy) is 4. The van der Waals surface area contributed by atoms with Crippen LogP contribution in [-0.2, 0) is 14.2 Å². The second-order valence-corrected chi connectivity index (χ2v) is 4.26. The molecule has 0 bridgehead atoms. The van der Waals surface area contributed by atoms with Crippen LogP contribution in [0.25, 0.3) is 6.08 Å². The lowest BCUT2D eigenvalue weighted by Gasteiger charge is -2.07. The molecule has 5 heteroatoms. The standard InChI is InChI=1S/C17H20O5/c1-13(16(12-19-2)22-17(18)21-4)7-5-8-14-9-6-10-15(11-14)20-3/h5-12H,1-4H3. The number of benzene rings is 1. The predicted octanol–water partition coefficient (Wildman–Crippen LogP) is 3.93. The van der Waals surface area contributed by atoms with E-state index >= 15 is 0 Å². The molecule has 22 heavy (non-hydrogen) atoms. The highest BCUT2D eigenvalue weighted by atomic mass is 16.7. The molecule has 0 unspecified atom stereocenters. The van der Waals surface area contributed by atoms with E-state index in [0.29, 0.717) is 5.57 Å². The van der Waals surface area contributed by atoms with Crippen LogP contribution in [0.1, 0.15) is 12.5 Å². The Balaban J connectivity index is 2.82. The zero-order chi connectivity index (χ0) is 16.4. The number of carbonyl (C=O) groups excluding carboxylic acids is 1. The summed E-state index contributed by atoms with van der Waals surface area (Å²) in [5, 5.41) is 0. The van der Waals surface area contributed by atoms with Crippen molar-refractivity contribution in [3.8, 4) is 5.75 Å². The van der Waals surface area contributed by atoms with Crippen molar-refractivity contribution in [3.63, 3.8) is 0 Å². The van der Waals surface area contributed by atoms with Gasteiger partial charge in [-0.25, -0.2) is 4.79 Å². The second kappa shape index (κ2) is 9.28. The van der Waals surface area contributed by atoms with Gasteiger partial charge in [0.15, 0.2) is 5.76 Å². The van der Waals surface area contributed by atoms with Crippen LogP contribution >= 0.6 is 0 Å². The Morgan fingerprint density at radius 3 is 2.59 bits per heavy atom. The number of rotatable bonds is 6. The van der Waals surface area contributed by atoms with E-state index in [2.05, 4.69) is 4.74 Å². The Labute approximate surface area is 130 Å². The van der Waals surface area contributed by atoms with Gasteiger partial charge in [0, 0.05) is 0 Å². The van der Waals surface area contributed by atoms with Crippen molar-refractivity contribution in [2.45, 2.75) is 6.92 Å². The van der Waals surface area contributed by atoms with Gasteiger partial charge >= 0.3 is 6.16 Å². The molecule has 0 spiro atoms. The van der Waals surface area contributed by atoms with Gasteiger partial charge in [0.25, 0.3) is 0 Å². The van der Waals surface area contributed by atoms with Crippen LogP contribution in [0.2, 0.25) is 0 Å². The molecule has 0 aromatic heterocycles. The SMILES string of the molecule is COC=C(OC(=O)OC)C(C)=CC=Cc1cccc(OC)c1. The molecule has 0 heterocycles. The summed E-state index contributed by atoms with van der Waals surface area (Å²) in [7, 11) is 4.34. The Kier molecular flexibility index (Phi) is 7.33. The second-order valence-electron chi connectivity index (χ2n) is 4.26. The molecular formula is C17H20O5. The Hall–Kier alpha value is -2.69. The Morgan fingerprint density at radius 2 is 1.95 bits per heavy atom. The molecule has 5 nitrogen and oxygen atoms in total. The zero-order valence-corrected chi connectivity index (χ0v) is 13.2. The molecule has 0 aliphatic carbocycles. The van der Waals surface area contributed by atoms with E-state index < -0.39 is 6.16 Å². The number of hydrogen-bond donors (Lipinski definition) is 0. The van der Waals surface area contributed by atoms with Crippen LogP contribution in [-0.4, -0.2) is 27.5 Å². The van der Waals surface area contributed by atoms with Crippen LogP contribution < -0.4 is 4.74 Å². The molecule has 0 fully saturated rings. The van der Waals surface area contributed by atoms with Gasteiger partial charge in [0.2, 0.25) is 0 Å². The third-order valence-electron chi connectivity index (χ3n) is 2.70. The van der Waals surface area contributed by atoms with Crippen LogP contribution in [0.3, 0.4) is 0 Å². The minimum absolute atomic E-state index is 0.282. The molecule has 0 saturated heterocycles. The quantitative estimate of drug-likeness (QED) is 0.453. The molecular weight excluding hydrogens is 284 g/mol. The summed E-state index contributed by atoms with van der Waals surface area (Å²) in [6.45, 7) is 1.80. The van der Waals surface area contributed by atoms with E-state index in [1.165, 1.54) is 20.5 Å². The maximum atomic E-state index is 11.2. The van der Waals surface area contributed by atoms with E-state index in [0.717, 1.165) is 11.3 Å². The molecule has 0 radical (unpaired) electrons. The average Bonchev–Trinajstić information content (AvgIpc) is 2.54. The van der Waals surface area contributed by atoms with Gasteiger partial charge < -0.3 is 18.9 Å². The van der Waals surface area contributed by atoms with Gasteiger partial charge in [-0.05, 0) is 30.2 Å². The highest BCUT2D eigenvalue weighted by molar-refractivity contribution is 5.62. The van der Waals surface area contributed by atoms with E-state index in [-0.39, 0.29) is 5.76 Å². The van der Waals surface area contributed by atoms with Gasteiger partial charge in [0.1, 0.15) is 12.0 Å².